The van der Waals surface area contributed by atoms with Gasteiger partial charge in [-0.3, -0.25) is 4.79 Å². The van der Waals surface area contributed by atoms with Crippen molar-refractivity contribution in [3.63, 3.8) is 0 Å². The van der Waals surface area contributed by atoms with Crippen LogP contribution in [-0.4, -0.2) is 32.2 Å². The summed E-state index contributed by atoms with van der Waals surface area (Å²) >= 11 is 18.5. The minimum absolute atomic E-state index is 0.293. The Morgan fingerprint density at radius 3 is 2.42 bits per heavy atom. The average Bonchev–Trinajstić information content (AvgIpc) is 3.22. The topological polar surface area (TPSA) is 54.7 Å². The molecule has 1 aliphatic heterocycles. The Kier molecular flexibility index (Phi) is 6.88. The second-order valence-electron chi connectivity index (χ2n) is 6.95. The first-order chi connectivity index (χ1) is 15.0. The standard InChI is InChI=1S/C23H19Cl3N2O3/c24-16-11-15(12-17(25)13-16)22-5-2-19(31-22)3-6-23(29)27-18-1-4-21(20(26)14-18)28-7-9-30-10-8-28/h1-6,11-14H,7-10H2,(H,27,29)/b6-3+. The molecule has 1 N–H and O–H groups in total. The lowest BCUT2D eigenvalue weighted by Gasteiger charge is -2.29. The van der Waals surface area contributed by atoms with Gasteiger partial charge in [0.05, 0.1) is 23.9 Å². The van der Waals surface area contributed by atoms with Gasteiger partial charge in [-0.25, -0.2) is 0 Å². The molecule has 5 nitrogen and oxygen atoms in total. The zero-order valence-corrected chi connectivity index (χ0v) is 18.7. The van der Waals surface area contributed by atoms with Crippen molar-refractivity contribution in [2.45, 2.75) is 0 Å². The van der Waals surface area contributed by atoms with E-state index in [1.54, 1.807) is 42.5 Å². The SMILES string of the molecule is O=C(/C=C/c1ccc(-c2cc(Cl)cc(Cl)c2)o1)Nc1ccc(N2CCOCC2)c(Cl)c1. The predicted octanol–water partition coefficient (Wildman–Crippen LogP) is 6.40. The number of anilines is 2. The number of morpholine rings is 1. The Morgan fingerprint density at radius 2 is 1.71 bits per heavy atom. The fourth-order valence-electron chi connectivity index (χ4n) is 3.28. The molecule has 1 amide bonds. The van der Waals surface area contributed by atoms with E-state index in [4.69, 9.17) is 44.0 Å². The number of nitrogens with one attached hydrogen (secondary N) is 1. The molecule has 0 unspecified atom stereocenters. The van der Waals surface area contributed by atoms with E-state index in [0.717, 1.165) is 24.3 Å². The van der Waals surface area contributed by atoms with Crippen LogP contribution in [0.25, 0.3) is 17.4 Å². The molecule has 0 radical (unpaired) electrons. The molecule has 8 heteroatoms. The molecule has 0 aliphatic carbocycles. The van der Waals surface area contributed by atoms with Gasteiger partial charge in [-0.2, -0.15) is 0 Å². The van der Waals surface area contributed by atoms with Crippen molar-refractivity contribution in [3.05, 3.63) is 75.4 Å². The van der Waals surface area contributed by atoms with Gasteiger partial charge < -0.3 is 19.4 Å². The van der Waals surface area contributed by atoms with Crippen molar-refractivity contribution in [1.29, 1.82) is 0 Å². The van der Waals surface area contributed by atoms with Gasteiger partial charge in [-0.05, 0) is 54.6 Å². The molecule has 1 aliphatic rings. The molecule has 1 saturated heterocycles. The van der Waals surface area contributed by atoms with Crippen LogP contribution in [0.4, 0.5) is 11.4 Å². The Hall–Kier alpha value is -2.44. The van der Waals surface area contributed by atoms with Crippen LogP contribution in [0.15, 0.2) is 59.0 Å². The number of hydrogen-bond donors (Lipinski definition) is 1. The van der Waals surface area contributed by atoms with E-state index in [1.807, 2.05) is 12.1 Å². The van der Waals surface area contributed by atoms with Gasteiger partial charge in [0.2, 0.25) is 5.91 Å². The molecule has 1 fully saturated rings. The van der Waals surface area contributed by atoms with E-state index in [9.17, 15) is 4.79 Å². The number of halogens is 3. The lowest BCUT2D eigenvalue weighted by atomic mass is 10.2. The van der Waals surface area contributed by atoms with Crippen LogP contribution in [-0.2, 0) is 9.53 Å². The van der Waals surface area contributed by atoms with Gasteiger partial charge in [0.15, 0.2) is 0 Å². The van der Waals surface area contributed by atoms with Crippen LogP contribution in [0.3, 0.4) is 0 Å². The number of benzene rings is 2. The van der Waals surface area contributed by atoms with Crippen molar-refractivity contribution in [2.75, 3.05) is 36.5 Å². The second kappa shape index (κ2) is 9.79. The molecule has 3 aromatic rings. The summed E-state index contributed by atoms with van der Waals surface area (Å²) in [5.41, 5.74) is 2.31. The highest BCUT2D eigenvalue weighted by atomic mass is 35.5. The summed E-state index contributed by atoms with van der Waals surface area (Å²) in [5.74, 6) is 0.843. The number of furan rings is 1. The molecule has 0 bridgehead atoms. The van der Waals surface area contributed by atoms with Crippen molar-refractivity contribution in [1.82, 2.24) is 0 Å². The largest absolute Gasteiger partial charge is 0.457 e. The third-order valence-corrected chi connectivity index (χ3v) is 5.48. The summed E-state index contributed by atoms with van der Waals surface area (Å²) in [4.78, 5) is 14.5. The molecule has 0 spiro atoms. The average molecular weight is 478 g/mol. The lowest BCUT2D eigenvalue weighted by Crippen LogP contribution is -2.36. The Bertz CT molecular complexity index is 1100. The number of ether oxygens (including phenoxy) is 1. The number of carbonyl (C=O) groups excluding carboxylic acids is 1. The van der Waals surface area contributed by atoms with Gasteiger partial charge >= 0.3 is 0 Å². The quantitative estimate of drug-likeness (QED) is 0.432. The molecule has 4 rings (SSSR count). The van der Waals surface area contributed by atoms with Crippen molar-refractivity contribution in [2.24, 2.45) is 0 Å². The number of hydrogen-bond acceptors (Lipinski definition) is 4. The number of amides is 1. The highest BCUT2D eigenvalue weighted by molar-refractivity contribution is 6.35. The first kappa shape index (κ1) is 21.8. The van der Waals surface area contributed by atoms with Crippen LogP contribution < -0.4 is 10.2 Å². The summed E-state index contributed by atoms with van der Waals surface area (Å²) in [6.07, 6.45) is 2.99. The molecule has 1 aromatic heterocycles. The van der Waals surface area contributed by atoms with E-state index in [0.29, 0.717) is 45.5 Å². The maximum absolute atomic E-state index is 12.3. The summed E-state index contributed by atoms with van der Waals surface area (Å²) in [7, 11) is 0. The normalized spacial score (nSPS) is 14.2. The van der Waals surface area contributed by atoms with E-state index in [-0.39, 0.29) is 5.91 Å². The van der Waals surface area contributed by atoms with E-state index in [2.05, 4.69) is 10.2 Å². The van der Waals surface area contributed by atoms with Gasteiger partial charge in [0, 0.05) is 40.5 Å². The monoisotopic (exact) mass is 476 g/mol. The minimum Gasteiger partial charge on any atom is -0.457 e. The number of rotatable bonds is 5. The highest BCUT2D eigenvalue weighted by Gasteiger charge is 2.14. The Morgan fingerprint density at radius 1 is 0.968 bits per heavy atom. The lowest BCUT2D eigenvalue weighted by molar-refractivity contribution is -0.111. The smallest absolute Gasteiger partial charge is 0.248 e. The van der Waals surface area contributed by atoms with E-state index in [1.165, 1.54) is 6.08 Å². The van der Waals surface area contributed by atoms with E-state index < -0.39 is 0 Å². The minimum atomic E-state index is -0.293. The number of nitrogens with zero attached hydrogens (tertiary/aromatic N) is 1. The van der Waals surface area contributed by atoms with Gasteiger partial charge in [0.1, 0.15) is 11.5 Å². The van der Waals surface area contributed by atoms with E-state index >= 15 is 0 Å². The summed E-state index contributed by atoms with van der Waals surface area (Å²) in [6.45, 7) is 2.94. The summed E-state index contributed by atoms with van der Waals surface area (Å²) < 4.78 is 11.1. The van der Waals surface area contributed by atoms with Crippen LogP contribution in [0.2, 0.25) is 15.1 Å². The maximum atomic E-state index is 12.3. The maximum Gasteiger partial charge on any atom is 0.248 e. The summed E-state index contributed by atoms with van der Waals surface area (Å²) in [6, 6.07) is 14.2. The zero-order valence-electron chi connectivity index (χ0n) is 16.4. The first-order valence-electron chi connectivity index (χ1n) is 9.65. The first-order valence-corrected chi connectivity index (χ1v) is 10.8. The fourth-order valence-corrected chi connectivity index (χ4v) is 4.11. The van der Waals surface area contributed by atoms with Gasteiger partial charge in [-0.15, -0.1) is 0 Å². The molecule has 0 atom stereocenters. The van der Waals surface area contributed by atoms with Crippen molar-refractivity contribution in [3.8, 4) is 11.3 Å². The van der Waals surface area contributed by atoms with Crippen LogP contribution >= 0.6 is 34.8 Å². The van der Waals surface area contributed by atoms with Crippen LogP contribution in [0.5, 0.6) is 0 Å². The third kappa shape index (κ3) is 5.63. The zero-order chi connectivity index (χ0) is 21.8. The summed E-state index contributed by atoms with van der Waals surface area (Å²) in [5, 5.41) is 4.43. The molecule has 2 heterocycles. The molecular weight excluding hydrogens is 459 g/mol. The molecule has 2 aromatic carbocycles. The van der Waals surface area contributed by atoms with Crippen molar-refractivity contribution >= 4 is 58.2 Å². The van der Waals surface area contributed by atoms with Gasteiger partial charge in [-0.1, -0.05) is 34.8 Å². The molecule has 160 valence electrons. The third-order valence-electron chi connectivity index (χ3n) is 4.74. The predicted molar refractivity (Wildman–Crippen MR) is 126 cm³/mol. The Labute approximate surface area is 195 Å². The number of carbonyl (C=O) groups is 1. The van der Waals surface area contributed by atoms with Crippen LogP contribution in [0, 0.1) is 0 Å². The van der Waals surface area contributed by atoms with Gasteiger partial charge in [0.25, 0.3) is 0 Å². The Balaban J connectivity index is 1.40. The molecule has 0 saturated carbocycles. The fraction of sp³-hybridized carbons (Fsp3) is 0.174. The molecule has 31 heavy (non-hydrogen) atoms. The molecular formula is C23H19Cl3N2O3. The van der Waals surface area contributed by atoms with Crippen LogP contribution in [0.1, 0.15) is 5.76 Å². The second-order valence-corrected chi connectivity index (χ2v) is 8.23. The van der Waals surface area contributed by atoms with Crippen molar-refractivity contribution < 1.29 is 13.9 Å². The highest BCUT2D eigenvalue weighted by Crippen LogP contribution is 2.30.